The van der Waals surface area contributed by atoms with Gasteiger partial charge in [-0.25, -0.2) is 19.6 Å². The Bertz CT molecular complexity index is 2410. The standard InChI is InChI=1S/C48H54N7O8P/c1-32(2)55(33(3)4)64(61-28-14-27-49)63-42-40(62-47(43(42)59-7)54-31-52-41-44(50-30-51-45(41)54)53-46(56)34-15-10-8-11-16-34)29-60-48(35-17-12-9-13-18-35,36-19-23-38(57-5)24-20-36)37-21-25-39(58-6)26-22-37/h8-13,15-26,30-33,40,42-43,47H,14,28-29H2,1-7H3,(H,50,51,53,56)/t40-,42+,43?,47-,64?/m1/s1. The third-order valence-corrected chi connectivity index (χ3v) is 13.1. The Morgan fingerprint density at radius 3 is 1.98 bits per heavy atom. The average molecular weight is 888 g/mol. The molecule has 2 unspecified atom stereocenters. The first kappa shape index (κ1) is 46.2. The minimum absolute atomic E-state index is 0.00129. The van der Waals surface area contributed by atoms with E-state index >= 15 is 0 Å². The molecule has 1 saturated heterocycles. The number of amides is 1. The molecular weight excluding hydrogens is 834 g/mol. The van der Waals surface area contributed by atoms with E-state index in [1.165, 1.54) is 6.33 Å². The SMILES string of the molecule is COc1ccc(C(OC[C@H]2O[C@@H](n3cnc4c(NC(=O)c5ccccc5)ncnc43)C(OC)[C@H]2OP(OCCC#N)N(C(C)C)C(C)C)(c2ccccc2)c2ccc(OC)cc2)cc1. The van der Waals surface area contributed by atoms with Crippen LogP contribution in [0, 0.1) is 11.3 Å². The maximum absolute atomic E-state index is 13.3. The molecule has 3 heterocycles. The molecule has 1 aliphatic rings. The van der Waals surface area contributed by atoms with Crippen molar-refractivity contribution in [2.45, 2.75) is 76.3 Å². The van der Waals surface area contributed by atoms with Crippen LogP contribution in [-0.4, -0.2) is 95.0 Å². The number of carbonyl (C=O) groups excluding carboxylic acids is 1. The Labute approximate surface area is 375 Å². The van der Waals surface area contributed by atoms with Crippen LogP contribution in [0.3, 0.4) is 0 Å². The van der Waals surface area contributed by atoms with E-state index in [2.05, 4.69) is 58.7 Å². The van der Waals surface area contributed by atoms with Crippen LogP contribution in [0.4, 0.5) is 5.82 Å². The van der Waals surface area contributed by atoms with E-state index in [1.807, 2.05) is 84.9 Å². The van der Waals surface area contributed by atoms with Gasteiger partial charge in [-0.2, -0.15) is 5.26 Å². The molecule has 15 nitrogen and oxygen atoms in total. The number of aromatic nitrogens is 4. The normalized spacial score (nSPS) is 18.1. The van der Waals surface area contributed by atoms with Gasteiger partial charge in [0.2, 0.25) is 0 Å². The summed E-state index contributed by atoms with van der Waals surface area (Å²) in [5.41, 5.74) is 2.61. The lowest BCUT2D eigenvalue weighted by Crippen LogP contribution is -2.42. The predicted octanol–water partition coefficient (Wildman–Crippen LogP) is 8.68. The summed E-state index contributed by atoms with van der Waals surface area (Å²) >= 11 is 0. The molecular formula is C48H54N7O8P. The number of imidazole rings is 1. The molecule has 0 radical (unpaired) electrons. The van der Waals surface area contributed by atoms with Gasteiger partial charge in [-0.1, -0.05) is 72.8 Å². The molecule has 0 saturated carbocycles. The minimum Gasteiger partial charge on any atom is -0.497 e. The molecule has 16 heteroatoms. The second-order valence-corrected chi connectivity index (χ2v) is 17.0. The number of rotatable bonds is 20. The van der Waals surface area contributed by atoms with Crippen molar-refractivity contribution in [3.63, 3.8) is 0 Å². The lowest BCUT2D eigenvalue weighted by molar-refractivity contribution is -0.0938. The fraction of sp³-hybridized carbons (Fsp3) is 0.354. The predicted molar refractivity (Wildman–Crippen MR) is 243 cm³/mol. The van der Waals surface area contributed by atoms with Crippen molar-refractivity contribution in [1.29, 1.82) is 5.26 Å². The van der Waals surface area contributed by atoms with Gasteiger partial charge in [0.15, 0.2) is 23.2 Å². The Kier molecular flexibility index (Phi) is 15.3. The summed E-state index contributed by atoms with van der Waals surface area (Å²) in [6.07, 6.45) is -0.0342. The molecule has 334 valence electrons. The number of methoxy groups -OCH3 is 3. The van der Waals surface area contributed by atoms with Gasteiger partial charge >= 0.3 is 0 Å². The molecule has 0 spiro atoms. The highest BCUT2D eigenvalue weighted by molar-refractivity contribution is 7.44. The van der Waals surface area contributed by atoms with Gasteiger partial charge in [0.25, 0.3) is 14.4 Å². The number of benzene rings is 4. The van der Waals surface area contributed by atoms with Crippen molar-refractivity contribution >= 4 is 31.4 Å². The number of carbonyl (C=O) groups is 1. The molecule has 1 fully saturated rings. The van der Waals surface area contributed by atoms with Crippen molar-refractivity contribution in [1.82, 2.24) is 24.2 Å². The van der Waals surface area contributed by atoms with Crippen LogP contribution in [0.2, 0.25) is 0 Å². The Morgan fingerprint density at radius 2 is 1.42 bits per heavy atom. The van der Waals surface area contributed by atoms with Crippen molar-refractivity contribution < 1.29 is 37.5 Å². The fourth-order valence-electron chi connectivity index (χ4n) is 8.02. The van der Waals surface area contributed by atoms with Crippen LogP contribution in [0.5, 0.6) is 11.5 Å². The molecule has 0 aliphatic carbocycles. The van der Waals surface area contributed by atoms with Gasteiger partial charge < -0.3 is 38.0 Å². The van der Waals surface area contributed by atoms with E-state index in [0.717, 1.165) is 16.7 Å². The Morgan fingerprint density at radius 1 is 0.828 bits per heavy atom. The second-order valence-electron chi connectivity index (χ2n) is 15.6. The summed E-state index contributed by atoms with van der Waals surface area (Å²) in [4.78, 5) is 26.9. The molecule has 64 heavy (non-hydrogen) atoms. The molecule has 2 aromatic heterocycles. The first-order valence-corrected chi connectivity index (χ1v) is 22.2. The highest BCUT2D eigenvalue weighted by Gasteiger charge is 2.51. The monoisotopic (exact) mass is 887 g/mol. The molecule has 1 N–H and O–H groups in total. The van der Waals surface area contributed by atoms with Gasteiger partial charge in [0.1, 0.15) is 41.7 Å². The molecule has 1 aliphatic heterocycles. The molecule has 6 aromatic rings. The summed E-state index contributed by atoms with van der Waals surface area (Å²) in [5.74, 6) is 1.29. The van der Waals surface area contributed by atoms with Gasteiger partial charge in [0.05, 0.1) is 46.3 Å². The molecule has 7 rings (SSSR count). The summed E-state index contributed by atoms with van der Waals surface area (Å²) in [6.45, 7) is 8.49. The van der Waals surface area contributed by atoms with Gasteiger partial charge in [0, 0.05) is 24.8 Å². The summed E-state index contributed by atoms with van der Waals surface area (Å²) in [7, 11) is 3.10. The number of anilines is 1. The quantitative estimate of drug-likeness (QED) is 0.0440. The van der Waals surface area contributed by atoms with Crippen molar-refractivity contribution in [2.75, 3.05) is 39.9 Å². The third kappa shape index (κ3) is 9.79. The van der Waals surface area contributed by atoms with E-state index in [4.69, 9.17) is 32.7 Å². The Hall–Kier alpha value is -5.82. The minimum atomic E-state index is -1.77. The van der Waals surface area contributed by atoms with Crippen molar-refractivity contribution in [2.24, 2.45) is 0 Å². The molecule has 5 atom stereocenters. The summed E-state index contributed by atoms with van der Waals surface area (Å²) < 4.78 is 49.5. The number of fused-ring (bicyclic) bond motifs is 1. The first-order valence-electron chi connectivity index (χ1n) is 21.1. The average Bonchev–Trinajstić information content (AvgIpc) is 3.91. The van der Waals surface area contributed by atoms with Crippen LogP contribution in [0.15, 0.2) is 122 Å². The lowest BCUT2D eigenvalue weighted by Gasteiger charge is -2.39. The van der Waals surface area contributed by atoms with E-state index in [-0.39, 0.29) is 43.4 Å². The van der Waals surface area contributed by atoms with Crippen molar-refractivity contribution in [3.05, 3.63) is 144 Å². The smallest absolute Gasteiger partial charge is 0.259 e. The highest BCUT2D eigenvalue weighted by atomic mass is 31.2. The largest absolute Gasteiger partial charge is 0.497 e. The molecule has 0 bridgehead atoms. The lowest BCUT2D eigenvalue weighted by atomic mass is 9.80. The maximum Gasteiger partial charge on any atom is 0.259 e. The number of nitrogens with zero attached hydrogens (tertiary/aromatic N) is 6. The number of ether oxygens (including phenoxy) is 5. The third-order valence-electron chi connectivity index (χ3n) is 11.0. The maximum atomic E-state index is 13.3. The number of nitriles is 1. The summed E-state index contributed by atoms with van der Waals surface area (Å²) in [6, 6.07) is 36.7. The van der Waals surface area contributed by atoms with Gasteiger partial charge in [-0.15, -0.1) is 0 Å². The molecule has 4 aromatic carbocycles. The first-order chi connectivity index (χ1) is 31.1. The van der Waals surface area contributed by atoms with Crippen LogP contribution in [0.25, 0.3) is 11.2 Å². The van der Waals surface area contributed by atoms with Crippen LogP contribution in [-0.2, 0) is 28.9 Å². The number of nitrogens with one attached hydrogen (secondary N) is 1. The zero-order chi connectivity index (χ0) is 45.2. The number of hydrogen-bond donors (Lipinski definition) is 1. The highest BCUT2D eigenvalue weighted by Crippen LogP contribution is 2.51. The van der Waals surface area contributed by atoms with E-state index in [0.29, 0.717) is 28.2 Å². The number of hydrogen-bond acceptors (Lipinski definition) is 13. The van der Waals surface area contributed by atoms with Gasteiger partial charge in [-0.3, -0.25) is 9.36 Å². The van der Waals surface area contributed by atoms with Crippen LogP contribution < -0.4 is 14.8 Å². The Balaban J connectivity index is 1.33. The summed E-state index contributed by atoms with van der Waals surface area (Å²) in [5, 5.41) is 12.4. The van der Waals surface area contributed by atoms with E-state index in [1.54, 1.807) is 56.5 Å². The molecule has 1 amide bonds. The van der Waals surface area contributed by atoms with Crippen LogP contribution >= 0.6 is 8.53 Å². The van der Waals surface area contributed by atoms with Gasteiger partial charge in [-0.05, 0) is 80.8 Å². The van der Waals surface area contributed by atoms with Crippen molar-refractivity contribution in [3.8, 4) is 17.6 Å². The topological polar surface area (TPSA) is 164 Å². The zero-order valence-corrected chi connectivity index (χ0v) is 37.9. The van der Waals surface area contributed by atoms with E-state index in [9.17, 15) is 10.1 Å². The van der Waals surface area contributed by atoms with E-state index < -0.39 is 38.7 Å². The fourth-order valence-corrected chi connectivity index (χ4v) is 9.79. The second kappa shape index (κ2) is 21.2. The zero-order valence-electron chi connectivity index (χ0n) is 37.0. The van der Waals surface area contributed by atoms with Crippen LogP contribution in [0.1, 0.15) is 67.4 Å².